The summed E-state index contributed by atoms with van der Waals surface area (Å²) in [7, 11) is 0. The number of carbonyl (C=O) groups excluding carboxylic acids is 2. The molecule has 4 heteroatoms. The van der Waals surface area contributed by atoms with Gasteiger partial charge in [-0.3, -0.25) is 9.59 Å². The maximum absolute atomic E-state index is 12.0. The van der Waals surface area contributed by atoms with Gasteiger partial charge in [0.15, 0.2) is 6.79 Å². The zero-order valence-electron chi connectivity index (χ0n) is 11.3. The van der Waals surface area contributed by atoms with Crippen molar-refractivity contribution in [1.29, 1.82) is 0 Å². The third-order valence-electron chi connectivity index (χ3n) is 4.76. The fourth-order valence-electron chi connectivity index (χ4n) is 3.48. The molecule has 0 aromatic rings. The van der Waals surface area contributed by atoms with Gasteiger partial charge in [0.1, 0.15) is 5.78 Å². The number of Topliss-reactive ketones (excluding diaryl/α,β-unsaturated/α-hetero) is 1. The number of rotatable bonds is 4. The largest absolute Gasteiger partial charge is 0.438 e. The Balaban J connectivity index is 1.47. The summed E-state index contributed by atoms with van der Waals surface area (Å²) < 4.78 is 10.9. The molecule has 4 nitrogen and oxygen atoms in total. The van der Waals surface area contributed by atoms with Gasteiger partial charge in [-0.2, -0.15) is 0 Å². The second kappa shape index (κ2) is 4.75. The molecule has 3 atom stereocenters. The second-order valence-electron chi connectivity index (χ2n) is 6.14. The summed E-state index contributed by atoms with van der Waals surface area (Å²) in [6.45, 7) is 2.08. The highest BCUT2D eigenvalue weighted by Crippen LogP contribution is 2.41. The van der Waals surface area contributed by atoms with Gasteiger partial charge in [0.25, 0.3) is 0 Å². The summed E-state index contributed by atoms with van der Waals surface area (Å²) in [6, 6.07) is 0. The number of fused-ring (bicyclic) bond motifs is 2. The molecule has 104 valence electrons. The van der Waals surface area contributed by atoms with Gasteiger partial charge >= 0.3 is 5.97 Å². The highest BCUT2D eigenvalue weighted by atomic mass is 16.7. The second-order valence-corrected chi connectivity index (χ2v) is 6.14. The van der Waals surface area contributed by atoms with Crippen molar-refractivity contribution >= 4 is 11.8 Å². The van der Waals surface area contributed by atoms with E-state index in [1.165, 1.54) is 12.8 Å². The summed E-state index contributed by atoms with van der Waals surface area (Å²) in [6.07, 6.45) is 8.77. The Morgan fingerprint density at radius 3 is 2.68 bits per heavy atom. The zero-order chi connectivity index (χ0) is 13.5. The van der Waals surface area contributed by atoms with Crippen LogP contribution in [0.3, 0.4) is 0 Å². The van der Waals surface area contributed by atoms with Crippen LogP contribution in [0.1, 0.15) is 39.0 Å². The van der Waals surface area contributed by atoms with Gasteiger partial charge < -0.3 is 9.47 Å². The van der Waals surface area contributed by atoms with Crippen LogP contribution in [-0.4, -0.2) is 24.1 Å². The molecule has 0 heterocycles. The van der Waals surface area contributed by atoms with E-state index in [0.29, 0.717) is 6.42 Å². The molecule has 3 aliphatic rings. The van der Waals surface area contributed by atoms with Crippen molar-refractivity contribution in [1.82, 2.24) is 0 Å². The number of carbonyl (C=O) groups is 2. The summed E-state index contributed by atoms with van der Waals surface area (Å²) in [5, 5.41) is 0. The molecular formula is C15H20O4. The van der Waals surface area contributed by atoms with Crippen molar-refractivity contribution in [3.05, 3.63) is 12.2 Å². The Labute approximate surface area is 113 Å². The van der Waals surface area contributed by atoms with Crippen molar-refractivity contribution in [2.75, 3.05) is 6.79 Å². The van der Waals surface area contributed by atoms with Crippen LogP contribution in [0, 0.1) is 17.8 Å². The Bertz CT molecular complexity index is 420. The van der Waals surface area contributed by atoms with Crippen LogP contribution in [0.15, 0.2) is 12.2 Å². The maximum Gasteiger partial charge on any atom is 0.312 e. The first-order chi connectivity index (χ1) is 9.09. The normalized spacial score (nSPS) is 35.0. The summed E-state index contributed by atoms with van der Waals surface area (Å²) in [5.41, 5.74) is -0.134. The molecule has 0 saturated heterocycles. The van der Waals surface area contributed by atoms with Gasteiger partial charge in [-0.1, -0.05) is 25.0 Å². The SMILES string of the molecule is CC1(OCOC(=O)C2CC3C=CC2C3=O)CCCC1. The molecule has 2 saturated carbocycles. The van der Waals surface area contributed by atoms with Crippen LogP contribution in [-0.2, 0) is 19.1 Å². The Kier molecular flexibility index (Phi) is 3.21. The first-order valence-electron chi connectivity index (χ1n) is 7.12. The molecule has 0 aliphatic heterocycles. The van der Waals surface area contributed by atoms with E-state index in [0.717, 1.165) is 12.8 Å². The third-order valence-corrected chi connectivity index (χ3v) is 4.76. The van der Waals surface area contributed by atoms with E-state index in [4.69, 9.17) is 9.47 Å². The molecule has 3 unspecified atom stereocenters. The van der Waals surface area contributed by atoms with Gasteiger partial charge in [-0.05, 0) is 26.2 Å². The monoisotopic (exact) mass is 264 g/mol. The summed E-state index contributed by atoms with van der Waals surface area (Å²) in [5.74, 6) is -0.713. The first-order valence-corrected chi connectivity index (χ1v) is 7.12. The van der Waals surface area contributed by atoms with Crippen molar-refractivity contribution < 1.29 is 19.1 Å². The predicted octanol–water partition coefficient (Wildman–Crippen LogP) is 2.23. The van der Waals surface area contributed by atoms with Crippen molar-refractivity contribution in [2.45, 2.75) is 44.6 Å². The molecule has 0 N–H and O–H groups in total. The van der Waals surface area contributed by atoms with Crippen LogP contribution >= 0.6 is 0 Å². The lowest BCUT2D eigenvalue weighted by Gasteiger charge is -2.24. The molecule has 2 fully saturated rings. The molecule has 3 aliphatic carbocycles. The zero-order valence-corrected chi connectivity index (χ0v) is 11.3. The van der Waals surface area contributed by atoms with Crippen LogP contribution in [0.4, 0.5) is 0 Å². The van der Waals surface area contributed by atoms with Crippen molar-refractivity contribution in [3.63, 3.8) is 0 Å². The molecule has 0 spiro atoms. The van der Waals surface area contributed by atoms with Crippen LogP contribution < -0.4 is 0 Å². The number of ether oxygens (including phenoxy) is 2. The minimum atomic E-state index is -0.289. The smallest absolute Gasteiger partial charge is 0.312 e. The van der Waals surface area contributed by atoms with E-state index in [9.17, 15) is 9.59 Å². The topological polar surface area (TPSA) is 52.6 Å². The lowest BCUT2D eigenvalue weighted by Crippen LogP contribution is -2.29. The van der Waals surface area contributed by atoms with Crippen LogP contribution in [0.25, 0.3) is 0 Å². The fraction of sp³-hybridized carbons (Fsp3) is 0.733. The van der Waals surface area contributed by atoms with E-state index in [2.05, 4.69) is 6.92 Å². The molecule has 0 amide bonds. The number of ketones is 1. The van der Waals surface area contributed by atoms with Gasteiger partial charge in [0.05, 0.1) is 11.5 Å². The van der Waals surface area contributed by atoms with E-state index in [1.54, 1.807) is 0 Å². The number of esters is 1. The predicted molar refractivity (Wildman–Crippen MR) is 68.2 cm³/mol. The lowest BCUT2D eigenvalue weighted by atomic mass is 9.94. The molecule has 19 heavy (non-hydrogen) atoms. The van der Waals surface area contributed by atoms with Crippen LogP contribution in [0.2, 0.25) is 0 Å². The van der Waals surface area contributed by atoms with Gasteiger partial charge in [0.2, 0.25) is 0 Å². The minimum Gasteiger partial charge on any atom is -0.438 e. The van der Waals surface area contributed by atoms with E-state index < -0.39 is 0 Å². The molecule has 3 rings (SSSR count). The molecule has 0 aromatic carbocycles. The van der Waals surface area contributed by atoms with E-state index in [1.807, 2.05) is 12.2 Å². The fourth-order valence-corrected chi connectivity index (χ4v) is 3.48. The summed E-state index contributed by atoms with van der Waals surface area (Å²) >= 11 is 0. The molecule has 0 aromatic heterocycles. The van der Waals surface area contributed by atoms with E-state index in [-0.39, 0.29) is 41.9 Å². The quantitative estimate of drug-likeness (QED) is 0.444. The Hall–Kier alpha value is -1.16. The van der Waals surface area contributed by atoms with E-state index >= 15 is 0 Å². The average Bonchev–Trinajstić information content (AvgIpc) is 3.05. The highest BCUT2D eigenvalue weighted by molar-refractivity contribution is 5.96. The number of allylic oxidation sites excluding steroid dienone is 2. The Morgan fingerprint density at radius 1 is 1.37 bits per heavy atom. The molecular weight excluding hydrogens is 244 g/mol. The minimum absolute atomic E-state index is 0.0150. The molecule has 2 bridgehead atoms. The average molecular weight is 264 g/mol. The van der Waals surface area contributed by atoms with Gasteiger partial charge in [-0.15, -0.1) is 0 Å². The number of hydrogen-bond donors (Lipinski definition) is 0. The van der Waals surface area contributed by atoms with Crippen molar-refractivity contribution in [3.8, 4) is 0 Å². The highest BCUT2D eigenvalue weighted by Gasteiger charge is 2.47. The first kappa shape index (κ1) is 12.9. The van der Waals surface area contributed by atoms with Crippen molar-refractivity contribution in [2.24, 2.45) is 17.8 Å². The van der Waals surface area contributed by atoms with Gasteiger partial charge in [0, 0.05) is 11.8 Å². The van der Waals surface area contributed by atoms with Gasteiger partial charge in [-0.25, -0.2) is 0 Å². The summed E-state index contributed by atoms with van der Waals surface area (Å²) in [4.78, 5) is 23.7. The maximum atomic E-state index is 12.0. The Morgan fingerprint density at radius 2 is 2.11 bits per heavy atom. The standard InChI is InChI=1S/C15H20O4/c1-15(6-2-3-7-15)19-9-18-14(17)12-8-10-4-5-11(12)13(10)16/h4-5,10-12H,2-3,6-9H2,1H3. The van der Waals surface area contributed by atoms with Crippen LogP contribution in [0.5, 0.6) is 0 Å². The lowest BCUT2D eigenvalue weighted by molar-refractivity contribution is -0.175. The third kappa shape index (κ3) is 2.34. The number of hydrogen-bond acceptors (Lipinski definition) is 4. The molecule has 0 radical (unpaired) electrons.